The number of ether oxygens (including phenoxy) is 7. The van der Waals surface area contributed by atoms with Crippen molar-refractivity contribution in [3.05, 3.63) is 191 Å². The van der Waals surface area contributed by atoms with Crippen LogP contribution in [0, 0.1) is 0 Å². The first-order valence-electron chi connectivity index (χ1n) is 37.7. The molecule has 6 aromatic carbocycles. The van der Waals surface area contributed by atoms with Crippen LogP contribution in [0.2, 0.25) is 0 Å². The Kier molecular flexibility index (Phi) is 34.8. The highest BCUT2D eigenvalue weighted by atomic mass is 32.2. The van der Waals surface area contributed by atoms with Crippen molar-refractivity contribution in [3.63, 3.8) is 0 Å². The van der Waals surface area contributed by atoms with Crippen LogP contribution in [0.25, 0.3) is 22.3 Å². The summed E-state index contributed by atoms with van der Waals surface area (Å²) in [6.07, 6.45) is -0.702. The van der Waals surface area contributed by atoms with Gasteiger partial charge >= 0.3 is 18.3 Å². The van der Waals surface area contributed by atoms with Crippen LogP contribution in [0.15, 0.2) is 152 Å². The molecule has 0 fully saturated rings. The Hall–Kier alpha value is -10.6. The van der Waals surface area contributed by atoms with Crippen molar-refractivity contribution in [3.8, 4) is 22.3 Å². The molecule has 0 saturated heterocycles. The van der Waals surface area contributed by atoms with Crippen LogP contribution in [0.1, 0.15) is 153 Å². The first-order valence-corrected chi connectivity index (χ1v) is 39.3. The lowest BCUT2D eigenvalue weighted by molar-refractivity contribution is -0.130. The first kappa shape index (κ1) is 86.0. The predicted octanol–water partition coefficient (Wildman–Crippen LogP) is 8.27. The fraction of sp³-hybridized carbons (Fsp3) is 0.439. The molecule has 0 heterocycles. The molecular formula is C82H103N9O19S. The first-order chi connectivity index (χ1) is 53.5. The van der Waals surface area contributed by atoms with Crippen LogP contribution in [0.3, 0.4) is 0 Å². The van der Waals surface area contributed by atoms with E-state index in [1.165, 1.54) is 0 Å². The molecule has 0 radical (unpaired) electrons. The standard InChI is InChI=1S/C82H103N9O19S/c1-82(2,3)110-81(101)90-71(55-107-52-56-35-37-58(38-36-56)75(95)57-22-5-4-6-23-57)77(97)85-41-17-15-32-69(76(96)86-44-21-46-105-48-50-106-49-47-104-45-20-43-84-73(93)39-40-74(94)91-111(102,103)51-19-34-72(83)92)88-78(98)70(89-80(100)109-54-68-65-30-13-9-26-61(65)62-27-10-14-31-66(62)68)33-16-18-42-87-79(99)108-53-67-63-28-11-7-24-59(63)60-25-8-12-29-64(60)67/h4-14,22-31,35-38,67-71H,15-21,32-34,39-55H2,1-3H3,(H2,83,92)(H,84,93)(H,85,97)(H,86,96)(H,87,99)(H,88,98)(H,89,100)(H,90,101)(H,91,94)/t69-,70-,71-/m0/s1. The van der Waals surface area contributed by atoms with Gasteiger partial charge in [-0.25, -0.2) is 22.8 Å². The number of fused-ring (bicyclic) bond motifs is 6. The van der Waals surface area contributed by atoms with Crippen molar-refractivity contribution >= 4 is 69.5 Å². The molecule has 28 nitrogen and oxygen atoms in total. The molecule has 0 spiro atoms. The summed E-state index contributed by atoms with van der Waals surface area (Å²) in [4.78, 5) is 131. The topological polar surface area (TPSA) is 392 Å². The maximum Gasteiger partial charge on any atom is 0.408 e. The van der Waals surface area contributed by atoms with E-state index in [4.69, 9.17) is 38.9 Å². The lowest BCUT2D eigenvalue weighted by Crippen LogP contribution is -2.54. The number of ketones is 1. The fourth-order valence-corrected chi connectivity index (χ4v) is 13.7. The molecule has 10 N–H and O–H groups in total. The number of rotatable bonds is 48. The lowest BCUT2D eigenvalue weighted by atomic mass is 9.98. The molecule has 0 bridgehead atoms. The number of hydrogen-bond acceptors (Lipinski definition) is 19. The third kappa shape index (κ3) is 29.3. The largest absolute Gasteiger partial charge is 0.449 e. The number of carbonyl (C=O) groups is 10. The zero-order valence-corrected chi connectivity index (χ0v) is 64.0. The summed E-state index contributed by atoms with van der Waals surface area (Å²) in [6.45, 7) is 7.21. The van der Waals surface area contributed by atoms with Crippen LogP contribution in [-0.4, -0.2) is 183 Å². The van der Waals surface area contributed by atoms with Crippen molar-refractivity contribution in [1.82, 2.24) is 41.9 Å². The molecule has 111 heavy (non-hydrogen) atoms. The zero-order chi connectivity index (χ0) is 79.4. The molecule has 596 valence electrons. The van der Waals surface area contributed by atoms with Gasteiger partial charge in [0.1, 0.15) is 36.9 Å². The molecule has 0 aromatic heterocycles. The van der Waals surface area contributed by atoms with E-state index in [2.05, 4.69) is 49.4 Å². The van der Waals surface area contributed by atoms with Crippen molar-refractivity contribution in [2.45, 2.75) is 140 Å². The molecule has 0 aliphatic heterocycles. The van der Waals surface area contributed by atoms with Gasteiger partial charge in [-0.15, -0.1) is 0 Å². The summed E-state index contributed by atoms with van der Waals surface area (Å²) in [5.41, 5.74) is 14.3. The van der Waals surface area contributed by atoms with E-state index in [9.17, 15) is 56.4 Å². The number of nitrogens with two attached hydrogens (primary N) is 1. The minimum atomic E-state index is -3.96. The molecule has 6 aromatic rings. The van der Waals surface area contributed by atoms with E-state index in [0.717, 1.165) is 44.5 Å². The number of unbranched alkanes of at least 4 members (excludes halogenated alkanes) is 2. The molecule has 2 aliphatic rings. The average molecular weight is 1550 g/mol. The fourth-order valence-electron chi connectivity index (χ4n) is 12.6. The van der Waals surface area contributed by atoms with E-state index in [1.807, 2.05) is 95.7 Å². The highest BCUT2D eigenvalue weighted by molar-refractivity contribution is 7.90. The summed E-state index contributed by atoms with van der Waals surface area (Å²) in [5.74, 6) is -4.70. The van der Waals surface area contributed by atoms with Crippen molar-refractivity contribution < 1.29 is 89.5 Å². The molecule has 29 heteroatoms. The summed E-state index contributed by atoms with van der Waals surface area (Å²) in [5, 5.41) is 19.5. The second-order valence-corrected chi connectivity index (χ2v) is 29.7. The Morgan fingerprint density at radius 1 is 0.423 bits per heavy atom. The number of carbonyl (C=O) groups excluding carboxylic acids is 10. The van der Waals surface area contributed by atoms with Crippen LogP contribution in [-0.2, 0) is 78.6 Å². The third-order valence-corrected chi connectivity index (χ3v) is 19.5. The van der Waals surface area contributed by atoms with Gasteiger partial charge in [-0.2, -0.15) is 0 Å². The summed E-state index contributed by atoms with van der Waals surface area (Å²) in [6, 6.07) is 44.1. The maximum absolute atomic E-state index is 14.7. The van der Waals surface area contributed by atoms with Gasteiger partial charge in [0.15, 0.2) is 5.78 Å². The maximum atomic E-state index is 14.7. The van der Waals surface area contributed by atoms with Gasteiger partial charge in [0.05, 0.1) is 45.4 Å². The van der Waals surface area contributed by atoms with E-state index in [1.54, 1.807) is 69.3 Å². The van der Waals surface area contributed by atoms with Crippen LogP contribution in [0.4, 0.5) is 14.4 Å². The molecule has 0 unspecified atom stereocenters. The monoisotopic (exact) mass is 1550 g/mol. The van der Waals surface area contributed by atoms with Gasteiger partial charge in [0.2, 0.25) is 45.5 Å². The summed E-state index contributed by atoms with van der Waals surface area (Å²) < 4.78 is 66.0. The van der Waals surface area contributed by atoms with Crippen molar-refractivity contribution in [1.29, 1.82) is 0 Å². The predicted molar refractivity (Wildman–Crippen MR) is 414 cm³/mol. The Morgan fingerprint density at radius 2 is 0.865 bits per heavy atom. The highest BCUT2D eigenvalue weighted by Crippen LogP contribution is 2.46. The second-order valence-electron chi connectivity index (χ2n) is 27.8. The minimum absolute atomic E-state index is 0.0309. The van der Waals surface area contributed by atoms with Crippen LogP contribution in [0.5, 0.6) is 0 Å². The molecule has 2 aliphatic carbocycles. The van der Waals surface area contributed by atoms with Gasteiger partial charge < -0.3 is 76.1 Å². The van der Waals surface area contributed by atoms with E-state index >= 15 is 0 Å². The van der Waals surface area contributed by atoms with E-state index < -0.39 is 93.2 Å². The SMILES string of the molecule is CC(C)(C)OC(=O)N[C@@H](COCc1ccc(C(=O)c2ccccc2)cc1)C(=O)NCCCC[C@H](NC(=O)[C@H](CCCCNC(=O)OCC1c2ccccc2-c2ccccc21)NC(=O)OCC1c2ccccc2-c2ccccc21)C(=O)NCCCOCCOCCOCCCNC(=O)CCC(=O)NS(=O)(=O)CCCC(N)=O. The Labute approximate surface area is 647 Å². The lowest BCUT2D eigenvalue weighted by Gasteiger charge is -2.24. The average Bonchev–Trinajstić information content (AvgIpc) is 1.62. The number of sulfonamides is 1. The number of amides is 9. The van der Waals surface area contributed by atoms with Gasteiger partial charge in [-0.3, -0.25) is 38.3 Å². The highest BCUT2D eigenvalue weighted by Gasteiger charge is 2.33. The quantitative estimate of drug-likeness (QED) is 0.00985. The molecule has 9 amide bonds. The second kappa shape index (κ2) is 44.9. The van der Waals surface area contributed by atoms with Gasteiger partial charge in [-0.1, -0.05) is 152 Å². The number of hydrogen-bond donors (Lipinski definition) is 9. The zero-order valence-electron chi connectivity index (χ0n) is 63.2. The third-order valence-electron chi connectivity index (χ3n) is 18.1. The van der Waals surface area contributed by atoms with Crippen LogP contribution < -0.4 is 47.7 Å². The Balaban J connectivity index is 0.831. The van der Waals surface area contributed by atoms with E-state index in [0.29, 0.717) is 61.8 Å². The molecule has 0 saturated carbocycles. The van der Waals surface area contributed by atoms with Gasteiger partial charge in [0, 0.05) is 81.6 Å². The molecule has 3 atom stereocenters. The normalized spacial score (nSPS) is 13.0. The summed E-state index contributed by atoms with van der Waals surface area (Å²) in [7, 11) is -3.96. The molecular weight excluding hydrogens is 1450 g/mol. The van der Waals surface area contributed by atoms with Crippen LogP contribution >= 0.6 is 0 Å². The van der Waals surface area contributed by atoms with Gasteiger partial charge in [0.25, 0.3) is 0 Å². The summed E-state index contributed by atoms with van der Waals surface area (Å²) >= 11 is 0. The number of alkyl carbamates (subject to hydrolysis) is 3. The number of benzene rings is 6. The van der Waals surface area contributed by atoms with Crippen molar-refractivity contribution in [2.24, 2.45) is 5.73 Å². The minimum Gasteiger partial charge on any atom is -0.449 e. The number of primary amides is 1. The van der Waals surface area contributed by atoms with E-state index in [-0.39, 0.29) is 142 Å². The smallest absolute Gasteiger partial charge is 0.408 e. The van der Waals surface area contributed by atoms with Gasteiger partial charge in [-0.05, 0) is 129 Å². The Bertz CT molecular complexity index is 4110. The Morgan fingerprint density at radius 3 is 1.40 bits per heavy atom. The van der Waals surface area contributed by atoms with Crippen molar-refractivity contribution in [2.75, 3.05) is 91.4 Å². The number of nitrogens with one attached hydrogen (secondary N) is 8. The molecule has 8 rings (SSSR count).